The summed E-state index contributed by atoms with van der Waals surface area (Å²) >= 11 is 1.70. The van der Waals surface area contributed by atoms with Crippen LogP contribution in [0.15, 0.2) is 45.9 Å². The first-order valence-electron chi connectivity index (χ1n) is 5.98. The molecule has 0 saturated carbocycles. The molecule has 4 nitrogen and oxygen atoms in total. The van der Waals surface area contributed by atoms with Gasteiger partial charge in [-0.25, -0.2) is 8.42 Å². The summed E-state index contributed by atoms with van der Waals surface area (Å²) in [7, 11) is -1.79. The number of rotatable bonds is 6. The number of sulfone groups is 1. The lowest BCUT2D eigenvalue weighted by atomic mass is 10.2. The second-order valence-electron chi connectivity index (χ2n) is 4.33. The van der Waals surface area contributed by atoms with Crippen LogP contribution in [-0.2, 0) is 21.3 Å². The van der Waals surface area contributed by atoms with Crippen molar-refractivity contribution in [3.05, 3.63) is 47.9 Å². The van der Waals surface area contributed by atoms with Crippen LogP contribution in [0.3, 0.4) is 0 Å². The van der Waals surface area contributed by atoms with Crippen molar-refractivity contribution in [2.24, 2.45) is 0 Å². The average molecular weight is 312 g/mol. The van der Waals surface area contributed by atoms with Crippen LogP contribution in [0, 0.1) is 0 Å². The molecular formula is C14H16O4S2. The lowest BCUT2D eigenvalue weighted by Crippen LogP contribution is -2.01. The molecule has 0 aliphatic rings. The second kappa shape index (κ2) is 6.37. The largest absolute Gasteiger partial charge is 0.495 e. The third-order valence-corrected chi connectivity index (χ3v) is 4.88. The highest BCUT2D eigenvalue weighted by Crippen LogP contribution is 2.27. The highest BCUT2D eigenvalue weighted by molar-refractivity contribution is 7.97. The third-order valence-electron chi connectivity index (χ3n) is 2.72. The molecule has 6 heteroatoms. The average Bonchev–Trinajstić information content (AvgIpc) is 2.90. The first kappa shape index (κ1) is 15.0. The van der Waals surface area contributed by atoms with Crippen LogP contribution in [-0.4, -0.2) is 21.8 Å². The van der Waals surface area contributed by atoms with Crippen LogP contribution in [0.4, 0.5) is 0 Å². The molecule has 2 aromatic rings. The molecule has 108 valence electrons. The Hall–Kier alpha value is -1.40. The molecule has 20 heavy (non-hydrogen) atoms. The van der Waals surface area contributed by atoms with E-state index in [0.29, 0.717) is 5.75 Å². The van der Waals surface area contributed by atoms with Crippen LogP contribution >= 0.6 is 11.8 Å². The highest BCUT2D eigenvalue weighted by Gasteiger charge is 2.14. The van der Waals surface area contributed by atoms with E-state index in [-0.39, 0.29) is 4.90 Å². The Labute approximate surface area is 123 Å². The zero-order chi connectivity index (χ0) is 14.6. The summed E-state index contributed by atoms with van der Waals surface area (Å²) in [4.78, 5) is 0.222. The quantitative estimate of drug-likeness (QED) is 0.820. The van der Waals surface area contributed by atoms with E-state index in [0.717, 1.165) is 22.8 Å². The molecular weight excluding hydrogens is 296 g/mol. The molecule has 1 aromatic heterocycles. The monoisotopic (exact) mass is 312 g/mol. The summed E-state index contributed by atoms with van der Waals surface area (Å²) in [6.07, 6.45) is 2.83. The maximum absolute atomic E-state index is 11.6. The van der Waals surface area contributed by atoms with E-state index in [1.807, 2.05) is 18.2 Å². The zero-order valence-electron chi connectivity index (χ0n) is 11.3. The van der Waals surface area contributed by atoms with Gasteiger partial charge in [0.2, 0.25) is 0 Å². The van der Waals surface area contributed by atoms with E-state index < -0.39 is 9.84 Å². The zero-order valence-corrected chi connectivity index (χ0v) is 13.0. The summed E-state index contributed by atoms with van der Waals surface area (Å²) in [6, 6.07) is 8.97. The number of thioether (sulfide) groups is 1. The summed E-state index contributed by atoms with van der Waals surface area (Å²) in [6.45, 7) is 0. The van der Waals surface area contributed by atoms with Crippen LogP contribution in [0.2, 0.25) is 0 Å². The Kier molecular flexibility index (Phi) is 4.77. The van der Waals surface area contributed by atoms with Gasteiger partial charge in [0.05, 0.1) is 19.1 Å². The topological polar surface area (TPSA) is 56.5 Å². The molecule has 0 bridgehead atoms. The molecule has 0 fully saturated rings. The first-order chi connectivity index (χ1) is 9.50. The normalized spacial score (nSPS) is 11.5. The first-order valence-corrected chi connectivity index (χ1v) is 9.02. The van der Waals surface area contributed by atoms with E-state index in [4.69, 9.17) is 9.15 Å². The van der Waals surface area contributed by atoms with Crippen molar-refractivity contribution in [1.29, 1.82) is 0 Å². The van der Waals surface area contributed by atoms with Gasteiger partial charge < -0.3 is 9.15 Å². The number of ether oxygens (including phenoxy) is 1. The Morgan fingerprint density at radius 1 is 1.25 bits per heavy atom. The smallest absolute Gasteiger partial charge is 0.179 e. The Morgan fingerprint density at radius 2 is 2.05 bits per heavy atom. The predicted octanol–water partition coefficient (Wildman–Crippen LogP) is 3.13. The Balaban J connectivity index is 2.06. The summed E-state index contributed by atoms with van der Waals surface area (Å²) in [5.41, 5.74) is 1.02. The van der Waals surface area contributed by atoms with Crippen molar-refractivity contribution in [2.45, 2.75) is 16.4 Å². The molecule has 0 radical (unpaired) electrons. The van der Waals surface area contributed by atoms with Crippen molar-refractivity contribution in [1.82, 2.24) is 0 Å². The summed E-state index contributed by atoms with van der Waals surface area (Å²) in [5.74, 6) is 2.86. The summed E-state index contributed by atoms with van der Waals surface area (Å²) in [5, 5.41) is 0. The fourth-order valence-electron chi connectivity index (χ4n) is 1.77. The van der Waals surface area contributed by atoms with Crippen LogP contribution < -0.4 is 4.74 Å². The Morgan fingerprint density at radius 3 is 2.65 bits per heavy atom. The number of hydrogen-bond acceptors (Lipinski definition) is 5. The van der Waals surface area contributed by atoms with Gasteiger partial charge in [0.1, 0.15) is 16.4 Å². The highest BCUT2D eigenvalue weighted by atomic mass is 32.2. The molecule has 1 heterocycles. The van der Waals surface area contributed by atoms with Crippen molar-refractivity contribution < 1.29 is 17.6 Å². The van der Waals surface area contributed by atoms with E-state index in [2.05, 4.69) is 0 Å². The van der Waals surface area contributed by atoms with Crippen LogP contribution in [0.1, 0.15) is 11.3 Å². The molecule has 0 N–H and O–H groups in total. The minimum absolute atomic E-state index is 0.222. The van der Waals surface area contributed by atoms with Gasteiger partial charge in [-0.2, -0.15) is 0 Å². The van der Waals surface area contributed by atoms with E-state index in [9.17, 15) is 8.42 Å². The van der Waals surface area contributed by atoms with Crippen molar-refractivity contribution in [2.75, 3.05) is 13.4 Å². The third kappa shape index (κ3) is 3.80. The molecule has 0 aliphatic heterocycles. The molecule has 0 spiro atoms. The van der Waals surface area contributed by atoms with Crippen molar-refractivity contribution >= 4 is 21.6 Å². The lowest BCUT2D eigenvalue weighted by Gasteiger charge is -2.09. The fourth-order valence-corrected chi connectivity index (χ4v) is 3.48. The molecule has 0 saturated heterocycles. The van der Waals surface area contributed by atoms with Gasteiger partial charge in [-0.15, -0.1) is 11.8 Å². The number of hydrogen-bond donors (Lipinski definition) is 0. The molecule has 2 rings (SSSR count). The second-order valence-corrected chi connectivity index (χ2v) is 7.30. The van der Waals surface area contributed by atoms with Gasteiger partial charge in [-0.3, -0.25) is 0 Å². The molecule has 0 atom stereocenters. The number of furan rings is 1. The van der Waals surface area contributed by atoms with Crippen LogP contribution in [0.5, 0.6) is 5.75 Å². The maximum Gasteiger partial charge on any atom is 0.179 e. The van der Waals surface area contributed by atoms with Gasteiger partial charge in [0.25, 0.3) is 0 Å². The SMILES string of the molecule is COc1cc(CSCc2ccco2)ccc1S(C)(=O)=O. The van der Waals surface area contributed by atoms with Gasteiger partial charge >= 0.3 is 0 Å². The Bertz CT molecular complexity index is 660. The number of methoxy groups -OCH3 is 1. The fraction of sp³-hybridized carbons (Fsp3) is 0.286. The van der Waals surface area contributed by atoms with E-state index in [1.165, 1.54) is 13.4 Å². The maximum atomic E-state index is 11.6. The number of benzene rings is 1. The van der Waals surface area contributed by atoms with Gasteiger partial charge in [0.15, 0.2) is 9.84 Å². The van der Waals surface area contributed by atoms with E-state index >= 15 is 0 Å². The lowest BCUT2D eigenvalue weighted by molar-refractivity contribution is 0.402. The predicted molar refractivity (Wildman–Crippen MR) is 79.8 cm³/mol. The minimum atomic E-state index is -3.27. The van der Waals surface area contributed by atoms with Gasteiger partial charge in [-0.1, -0.05) is 6.07 Å². The van der Waals surface area contributed by atoms with E-state index in [1.54, 1.807) is 30.2 Å². The van der Waals surface area contributed by atoms with Crippen molar-refractivity contribution in [3.8, 4) is 5.75 Å². The van der Waals surface area contributed by atoms with Gasteiger partial charge in [0, 0.05) is 12.0 Å². The van der Waals surface area contributed by atoms with Crippen LogP contribution in [0.25, 0.3) is 0 Å². The summed E-state index contributed by atoms with van der Waals surface area (Å²) < 4.78 is 33.6. The molecule has 0 unspecified atom stereocenters. The van der Waals surface area contributed by atoms with Crippen molar-refractivity contribution in [3.63, 3.8) is 0 Å². The molecule has 0 amide bonds. The van der Waals surface area contributed by atoms with Gasteiger partial charge in [-0.05, 0) is 29.8 Å². The minimum Gasteiger partial charge on any atom is -0.495 e. The molecule has 0 aliphatic carbocycles. The molecule has 1 aromatic carbocycles. The standard InChI is InChI=1S/C14H16O4S2/c1-17-13-8-11(5-6-14(13)20(2,15)16)9-19-10-12-4-3-7-18-12/h3-8H,9-10H2,1-2H3.